The molecule has 0 atom stereocenters. The molecule has 0 aromatic heterocycles. The number of rotatable bonds is 11. The molecule has 0 aromatic rings. The molecule has 15 heavy (non-hydrogen) atoms. The Morgan fingerprint density at radius 2 is 1.40 bits per heavy atom. The third kappa shape index (κ3) is 13.9. The maximum absolute atomic E-state index is 3.45. The van der Waals surface area contributed by atoms with Crippen LogP contribution in [0.3, 0.4) is 0 Å². The summed E-state index contributed by atoms with van der Waals surface area (Å²) in [6.07, 6.45) is 8.29. The molecule has 0 amide bonds. The summed E-state index contributed by atoms with van der Waals surface area (Å²) in [5, 5.41) is 6.82. The van der Waals surface area contributed by atoms with E-state index in [0.29, 0.717) is 6.04 Å². The van der Waals surface area contributed by atoms with Crippen molar-refractivity contribution in [3.63, 3.8) is 0 Å². The van der Waals surface area contributed by atoms with Gasteiger partial charge in [-0.15, -0.1) is 0 Å². The van der Waals surface area contributed by atoms with Crippen LogP contribution >= 0.6 is 0 Å². The molecule has 0 heterocycles. The Balaban J connectivity index is -0.000000980. The van der Waals surface area contributed by atoms with Crippen molar-refractivity contribution in [2.75, 3.05) is 19.6 Å². The average Bonchev–Trinajstić information content (AvgIpc) is 2.20. The Morgan fingerprint density at radius 1 is 0.867 bits per heavy atom. The van der Waals surface area contributed by atoms with Crippen molar-refractivity contribution in [1.29, 1.82) is 0 Å². The van der Waals surface area contributed by atoms with E-state index in [4.69, 9.17) is 0 Å². The van der Waals surface area contributed by atoms with E-state index in [1.165, 1.54) is 51.6 Å². The van der Waals surface area contributed by atoms with Crippen molar-refractivity contribution in [2.45, 2.75) is 65.3 Å². The minimum atomic E-state index is 0. The predicted octanol–water partition coefficient (Wildman–Crippen LogP) is 3.43. The van der Waals surface area contributed by atoms with E-state index in [2.05, 4.69) is 31.4 Å². The highest BCUT2D eigenvalue weighted by atomic mass is 14.9. The topological polar surface area (TPSA) is 24.1 Å². The molecule has 0 bridgehead atoms. The van der Waals surface area contributed by atoms with Gasteiger partial charge in [-0.1, -0.05) is 46.5 Å². The molecule has 0 saturated carbocycles. The van der Waals surface area contributed by atoms with Crippen LogP contribution in [0, 0.1) is 0 Å². The monoisotopic (exact) mass is 218 g/mol. The van der Waals surface area contributed by atoms with Crippen molar-refractivity contribution in [1.82, 2.24) is 10.6 Å². The maximum atomic E-state index is 3.45. The van der Waals surface area contributed by atoms with Crippen LogP contribution in [-0.4, -0.2) is 25.7 Å². The molecule has 0 aromatic carbocycles. The van der Waals surface area contributed by atoms with E-state index < -0.39 is 0 Å². The lowest BCUT2D eigenvalue weighted by Gasteiger charge is -2.07. The first-order valence-corrected chi connectivity index (χ1v) is 6.71. The van der Waals surface area contributed by atoms with Crippen molar-refractivity contribution in [3.05, 3.63) is 0 Å². The van der Waals surface area contributed by atoms with Gasteiger partial charge in [-0.25, -0.2) is 0 Å². The molecule has 2 heteroatoms. The van der Waals surface area contributed by atoms with Gasteiger partial charge in [0.15, 0.2) is 0 Å². The van der Waals surface area contributed by atoms with Crippen molar-refractivity contribution < 1.29 is 2.85 Å². The number of unbranched alkanes of at least 4 members (excludes halogenated alkanes) is 5. The lowest BCUT2D eigenvalue weighted by atomic mass is 10.1. The van der Waals surface area contributed by atoms with Gasteiger partial charge in [0.25, 0.3) is 0 Å². The summed E-state index contributed by atoms with van der Waals surface area (Å²) >= 11 is 0. The van der Waals surface area contributed by atoms with Crippen molar-refractivity contribution in [2.24, 2.45) is 0 Å². The van der Waals surface area contributed by atoms with Gasteiger partial charge in [-0.05, 0) is 32.5 Å². The zero-order valence-electron chi connectivity index (χ0n) is 10.9. The summed E-state index contributed by atoms with van der Waals surface area (Å²) in [6, 6.07) is 0.644. The molecule has 0 aliphatic rings. The Kier molecular flexibility index (Phi) is 11.9. The van der Waals surface area contributed by atoms with Crippen LogP contribution in [0.25, 0.3) is 0 Å². The predicted molar refractivity (Wildman–Crippen MR) is 73.6 cm³/mol. The van der Waals surface area contributed by atoms with E-state index in [1.807, 2.05) is 0 Å². The lowest BCUT2D eigenvalue weighted by molar-refractivity contribution is 0.528. The van der Waals surface area contributed by atoms with Crippen LogP contribution in [0.4, 0.5) is 0 Å². The second-order valence-electron chi connectivity index (χ2n) is 4.58. The number of hydrogen-bond acceptors (Lipinski definition) is 2. The molecule has 0 unspecified atom stereocenters. The average molecular weight is 218 g/mol. The van der Waals surface area contributed by atoms with Gasteiger partial charge in [0, 0.05) is 8.90 Å². The summed E-state index contributed by atoms with van der Waals surface area (Å²) in [5.74, 6) is 0. The van der Waals surface area contributed by atoms with Crippen LogP contribution in [0.15, 0.2) is 0 Å². The second kappa shape index (κ2) is 12.0. The molecule has 0 radical (unpaired) electrons. The van der Waals surface area contributed by atoms with E-state index in [0.717, 1.165) is 6.54 Å². The van der Waals surface area contributed by atoms with Gasteiger partial charge in [0.2, 0.25) is 0 Å². The largest absolute Gasteiger partial charge is 0.317 e. The third-order valence-corrected chi connectivity index (χ3v) is 2.58. The molecule has 96 valence electrons. The first-order chi connectivity index (χ1) is 7.27. The third-order valence-electron chi connectivity index (χ3n) is 2.58. The standard InChI is InChI=1S/C13H30N2.2H2/c1-4-14-11-9-7-5-6-8-10-12-15-13(2)3;;/h13-15H,4-12H2,1-3H3;2*1H. The van der Waals surface area contributed by atoms with Crippen LogP contribution in [0.2, 0.25) is 0 Å². The SMILES string of the molecule is CCNCCCCCCCCNC(C)C.[HH].[HH]. The highest BCUT2D eigenvalue weighted by molar-refractivity contribution is 4.53. The van der Waals surface area contributed by atoms with Crippen LogP contribution in [-0.2, 0) is 0 Å². The summed E-state index contributed by atoms with van der Waals surface area (Å²) in [6.45, 7) is 10.1. The van der Waals surface area contributed by atoms with Gasteiger partial charge in [-0.3, -0.25) is 0 Å². The lowest BCUT2D eigenvalue weighted by Crippen LogP contribution is -2.23. The molecule has 0 fully saturated rings. The fourth-order valence-corrected chi connectivity index (χ4v) is 1.65. The molecule has 0 aliphatic carbocycles. The Labute approximate surface area is 99.2 Å². The quantitative estimate of drug-likeness (QED) is 0.519. The summed E-state index contributed by atoms with van der Waals surface area (Å²) in [5.41, 5.74) is 0. The molecule has 0 spiro atoms. The van der Waals surface area contributed by atoms with Crippen molar-refractivity contribution in [3.8, 4) is 0 Å². The van der Waals surface area contributed by atoms with E-state index >= 15 is 0 Å². The van der Waals surface area contributed by atoms with Gasteiger partial charge < -0.3 is 10.6 Å². The van der Waals surface area contributed by atoms with Gasteiger partial charge in [-0.2, -0.15) is 0 Å². The summed E-state index contributed by atoms with van der Waals surface area (Å²) < 4.78 is 0. The van der Waals surface area contributed by atoms with Crippen LogP contribution in [0.1, 0.15) is 62.1 Å². The molecule has 0 saturated heterocycles. The first kappa shape index (κ1) is 14.9. The molecule has 2 N–H and O–H groups in total. The van der Waals surface area contributed by atoms with Gasteiger partial charge in [0.05, 0.1) is 0 Å². The van der Waals surface area contributed by atoms with Crippen molar-refractivity contribution >= 4 is 0 Å². The Hall–Kier alpha value is -0.0800. The minimum absolute atomic E-state index is 0. The molecular weight excluding hydrogens is 184 g/mol. The van der Waals surface area contributed by atoms with E-state index in [9.17, 15) is 0 Å². The molecule has 0 aliphatic heterocycles. The van der Waals surface area contributed by atoms with E-state index in [1.54, 1.807) is 0 Å². The zero-order chi connectivity index (χ0) is 11.4. The molecule has 0 rings (SSSR count). The van der Waals surface area contributed by atoms with Crippen LogP contribution < -0.4 is 10.6 Å². The van der Waals surface area contributed by atoms with E-state index in [-0.39, 0.29) is 2.85 Å². The zero-order valence-corrected chi connectivity index (χ0v) is 10.9. The molecule has 2 nitrogen and oxygen atoms in total. The minimum Gasteiger partial charge on any atom is -0.317 e. The normalized spacial score (nSPS) is 11.2. The van der Waals surface area contributed by atoms with Crippen LogP contribution in [0.5, 0.6) is 0 Å². The molecular formula is C13H34N2. The smallest absolute Gasteiger partial charge is 0.00103 e. The number of nitrogens with one attached hydrogen (secondary N) is 2. The Morgan fingerprint density at radius 3 is 1.93 bits per heavy atom. The summed E-state index contributed by atoms with van der Waals surface area (Å²) in [4.78, 5) is 0. The maximum Gasteiger partial charge on any atom is 0.00103 e. The fourth-order valence-electron chi connectivity index (χ4n) is 1.65. The second-order valence-corrected chi connectivity index (χ2v) is 4.58. The van der Waals surface area contributed by atoms with Gasteiger partial charge in [0.1, 0.15) is 0 Å². The number of hydrogen-bond donors (Lipinski definition) is 2. The summed E-state index contributed by atoms with van der Waals surface area (Å²) in [7, 11) is 0. The van der Waals surface area contributed by atoms with Gasteiger partial charge >= 0.3 is 0 Å². The highest BCUT2D eigenvalue weighted by Crippen LogP contribution is 2.04. The fraction of sp³-hybridized carbons (Fsp3) is 1.00. The Bertz CT molecular complexity index is 122. The highest BCUT2D eigenvalue weighted by Gasteiger charge is 1.93. The first-order valence-electron chi connectivity index (χ1n) is 6.71.